The maximum absolute atomic E-state index is 12.4. The number of sulfonamides is 1. The normalized spacial score (nSPS) is 17.6. The maximum atomic E-state index is 12.4. The summed E-state index contributed by atoms with van der Waals surface area (Å²) in [5, 5.41) is 2.95. The molecule has 25 heavy (non-hydrogen) atoms. The van der Waals surface area contributed by atoms with Crippen molar-refractivity contribution in [3.63, 3.8) is 0 Å². The number of carbonyl (C=O) groups is 1. The molecule has 7 nitrogen and oxygen atoms in total. The molecule has 1 amide bonds. The van der Waals surface area contributed by atoms with Crippen molar-refractivity contribution in [2.75, 3.05) is 19.3 Å². The Balaban J connectivity index is 1.83. The number of fused-ring (bicyclic) bond motifs is 1. The average molecular weight is 369 g/mol. The molecule has 1 heterocycles. The second-order valence-electron chi connectivity index (χ2n) is 6.94. The number of aromatic nitrogens is 2. The number of amides is 1. The molecule has 0 fully saturated rings. The molecule has 1 aliphatic carbocycles. The van der Waals surface area contributed by atoms with Gasteiger partial charge in [0.25, 0.3) is 0 Å². The van der Waals surface area contributed by atoms with E-state index in [0.29, 0.717) is 25.9 Å². The smallest absolute Gasteiger partial charge is 0.223 e. The Bertz CT molecular complexity index is 719. The first-order valence-electron chi connectivity index (χ1n) is 8.74. The van der Waals surface area contributed by atoms with Crippen molar-refractivity contribution in [1.82, 2.24) is 19.6 Å². The predicted octanol–water partition coefficient (Wildman–Crippen LogP) is 1.07. The minimum absolute atomic E-state index is 0.0318. The van der Waals surface area contributed by atoms with E-state index in [0.717, 1.165) is 29.8 Å². The fourth-order valence-corrected chi connectivity index (χ4v) is 4.54. The summed E-state index contributed by atoms with van der Waals surface area (Å²) in [6, 6.07) is -0.0801. The SMILES string of the molecule is Cc1ncnc2c1CC(C(=O)NCCCN(C(C)C)S(C)(=O)=O)CC2. The van der Waals surface area contributed by atoms with Gasteiger partial charge in [0.15, 0.2) is 0 Å². The van der Waals surface area contributed by atoms with Gasteiger partial charge in [-0.3, -0.25) is 4.79 Å². The molecular weight excluding hydrogens is 340 g/mol. The van der Waals surface area contributed by atoms with Crippen LogP contribution in [0.5, 0.6) is 0 Å². The van der Waals surface area contributed by atoms with Crippen molar-refractivity contribution in [2.45, 2.75) is 52.5 Å². The molecule has 0 aliphatic heterocycles. The van der Waals surface area contributed by atoms with Gasteiger partial charge in [0, 0.05) is 36.4 Å². The van der Waals surface area contributed by atoms with Crippen molar-refractivity contribution >= 4 is 15.9 Å². The Morgan fingerprint density at radius 2 is 2.12 bits per heavy atom. The number of hydrogen-bond donors (Lipinski definition) is 1. The molecule has 1 N–H and O–H groups in total. The van der Waals surface area contributed by atoms with Crippen molar-refractivity contribution in [2.24, 2.45) is 5.92 Å². The van der Waals surface area contributed by atoms with Crippen LogP contribution in [0.1, 0.15) is 43.6 Å². The fraction of sp³-hybridized carbons (Fsp3) is 0.706. The highest BCUT2D eigenvalue weighted by Crippen LogP contribution is 2.25. The van der Waals surface area contributed by atoms with Gasteiger partial charge in [-0.05, 0) is 52.0 Å². The molecule has 0 aromatic carbocycles. The lowest BCUT2D eigenvalue weighted by atomic mass is 9.85. The molecule has 0 spiro atoms. The lowest BCUT2D eigenvalue weighted by Crippen LogP contribution is -2.39. The van der Waals surface area contributed by atoms with Gasteiger partial charge < -0.3 is 5.32 Å². The zero-order valence-electron chi connectivity index (χ0n) is 15.4. The van der Waals surface area contributed by atoms with E-state index in [4.69, 9.17) is 0 Å². The Morgan fingerprint density at radius 1 is 1.40 bits per heavy atom. The third kappa shape index (κ3) is 5.22. The first kappa shape index (κ1) is 19.8. The van der Waals surface area contributed by atoms with Crippen LogP contribution < -0.4 is 5.32 Å². The number of rotatable bonds is 7. The largest absolute Gasteiger partial charge is 0.356 e. The standard InChI is InChI=1S/C17H28N4O3S/c1-12(2)21(25(4,23)24)9-5-8-18-17(22)14-6-7-16-15(10-14)13(3)19-11-20-16/h11-12,14H,5-10H2,1-4H3,(H,18,22). The second-order valence-corrected chi connectivity index (χ2v) is 8.87. The number of aryl methyl sites for hydroxylation is 2. The molecule has 2 rings (SSSR count). The summed E-state index contributed by atoms with van der Waals surface area (Å²) in [4.78, 5) is 20.9. The van der Waals surface area contributed by atoms with E-state index in [1.165, 1.54) is 10.6 Å². The Kier molecular flexibility index (Phi) is 6.51. The average Bonchev–Trinajstić information content (AvgIpc) is 2.53. The maximum Gasteiger partial charge on any atom is 0.223 e. The van der Waals surface area contributed by atoms with Gasteiger partial charge in [0.2, 0.25) is 15.9 Å². The van der Waals surface area contributed by atoms with Crippen LogP contribution in [0.2, 0.25) is 0 Å². The van der Waals surface area contributed by atoms with E-state index in [-0.39, 0.29) is 17.9 Å². The molecule has 0 bridgehead atoms. The highest BCUT2D eigenvalue weighted by Gasteiger charge is 2.26. The predicted molar refractivity (Wildman–Crippen MR) is 96.6 cm³/mol. The number of carbonyl (C=O) groups excluding carboxylic acids is 1. The minimum atomic E-state index is -3.22. The van der Waals surface area contributed by atoms with Gasteiger partial charge in [-0.25, -0.2) is 18.4 Å². The molecule has 1 aliphatic rings. The third-order valence-electron chi connectivity index (χ3n) is 4.66. The van der Waals surface area contributed by atoms with Crippen LogP contribution >= 0.6 is 0 Å². The Morgan fingerprint density at radius 3 is 2.76 bits per heavy atom. The van der Waals surface area contributed by atoms with Crippen LogP contribution in [0.3, 0.4) is 0 Å². The molecule has 1 aromatic rings. The van der Waals surface area contributed by atoms with Crippen molar-refractivity contribution < 1.29 is 13.2 Å². The third-order valence-corrected chi connectivity index (χ3v) is 6.11. The molecule has 0 saturated heterocycles. The van der Waals surface area contributed by atoms with Gasteiger partial charge in [0.1, 0.15) is 6.33 Å². The molecule has 0 radical (unpaired) electrons. The fourth-order valence-electron chi connectivity index (χ4n) is 3.31. The highest BCUT2D eigenvalue weighted by atomic mass is 32.2. The first-order valence-corrected chi connectivity index (χ1v) is 10.6. The van der Waals surface area contributed by atoms with Crippen LogP contribution in [0.15, 0.2) is 6.33 Å². The van der Waals surface area contributed by atoms with Gasteiger partial charge >= 0.3 is 0 Å². The van der Waals surface area contributed by atoms with Crippen LogP contribution in [-0.2, 0) is 27.7 Å². The number of nitrogens with one attached hydrogen (secondary N) is 1. The summed E-state index contributed by atoms with van der Waals surface area (Å²) < 4.78 is 24.9. The van der Waals surface area contributed by atoms with E-state index >= 15 is 0 Å². The van der Waals surface area contributed by atoms with E-state index in [2.05, 4.69) is 15.3 Å². The molecule has 1 unspecified atom stereocenters. The van der Waals surface area contributed by atoms with E-state index in [1.54, 1.807) is 6.33 Å². The lowest BCUT2D eigenvalue weighted by molar-refractivity contribution is -0.125. The van der Waals surface area contributed by atoms with Crippen molar-refractivity contribution in [3.05, 3.63) is 23.3 Å². The second kappa shape index (κ2) is 8.23. The van der Waals surface area contributed by atoms with Gasteiger partial charge in [-0.2, -0.15) is 4.31 Å². The summed E-state index contributed by atoms with van der Waals surface area (Å²) >= 11 is 0. The monoisotopic (exact) mass is 368 g/mol. The number of hydrogen-bond acceptors (Lipinski definition) is 5. The molecule has 1 aromatic heterocycles. The summed E-state index contributed by atoms with van der Waals surface area (Å²) in [6.07, 6.45) is 5.66. The van der Waals surface area contributed by atoms with Crippen LogP contribution in [-0.4, -0.2) is 54.0 Å². The number of nitrogens with zero attached hydrogens (tertiary/aromatic N) is 3. The van der Waals surface area contributed by atoms with Crippen LogP contribution in [0.25, 0.3) is 0 Å². The van der Waals surface area contributed by atoms with E-state index in [9.17, 15) is 13.2 Å². The van der Waals surface area contributed by atoms with Gasteiger partial charge in [-0.15, -0.1) is 0 Å². The molecule has 140 valence electrons. The molecular formula is C17H28N4O3S. The van der Waals surface area contributed by atoms with Crippen molar-refractivity contribution in [3.8, 4) is 0 Å². The zero-order chi connectivity index (χ0) is 18.6. The topological polar surface area (TPSA) is 92.3 Å². The molecule has 1 atom stereocenters. The van der Waals surface area contributed by atoms with E-state index in [1.807, 2.05) is 20.8 Å². The van der Waals surface area contributed by atoms with Gasteiger partial charge in [0.05, 0.1) is 6.26 Å². The summed E-state index contributed by atoms with van der Waals surface area (Å²) in [5.74, 6) is -0.0299. The summed E-state index contributed by atoms with van der Waals surface area (Å²) in [5.41, 5.74) is 3.09. The first-order chi connectivity index (χ1) is 11.7. The zero-order valence-corrected chi connectivity index (χ0v) is 16.3. The Hall–Kier alpha value is -1.54. The van der Waals surface area contributed by atoms with E-state index < -0.39 is 10.0 Å². The summed E-state index contributed by atoms with van der Waals surface area (Å²) in [7, 11) is -3.22. The van der Waals surface area contributed by atoms with Crippen molar-refractivity contribution in [1.29, 1.82) is 0 Å². The van der Waals surface area contributed by atoms with Gasteiger partial charge in [-0.1, -0.05) is 0 Å². The Labute approximate surface area is 150 Å². The summed E-state index contributed by atoms with van der Waals surface area (Å²) in [6.45, 7) is 6.54. The minimum Gasteiger partial charge on any atom is -0.356 e. The quantitative estimate of drug-likeness (QED) is 0.727. The van der Waals surface area contributed by atoms with Crippen LogP contribution in [0, 0.1) is 12.8 Å². The molecule has 0 saturated carbocycles. The lowest BCUT2D eigenvalue weighted by Gasteiger charge is -2.25. The molecule has 8 heteroatoms. The van der Waals surface area contributed by atoms with Crippen LogP contribution in [0.4, 0.5) is 0 Å². The highest BCUT2D eigenvalue weighted by molar-refractivity contribution is 7.88.